The van der Waals surface area contributed by atoms with Crippen LogP contribution in [-0.4, -0.2) is 20.1 Å². The first-order valence-electron chi connectivity index (χ1n) is 4.57. The molecule has 1 aromatic heterocycles. The van der Waals surface area contributed by atoms with Crippen LogP contribution in [0.5, 0.6) is 0 Å². The molecule has 1 atom stereocenters. The number of aliphatic hydroxyl groups is 1. The Kier molecular flexibility index (Phi) is 3.02. The van der Waals surface area contributed by atoms with E-state index in [0.29, 0.717) is 10.2 Å². The molecule has 2 aromatic rings. The quantitative estimate of drug-likeness (QED) is 0.915. The molecular formula is C10H9BrFN3O. The fourth-order valence-corrected chi connectivity index (χ4v) is 1.81. The van der Waals surface area contributed by atoms with Crippen LogP contribution in [0, 0.1) is 5.82 Å². The maximum Gasteiger partial charge on any atom is 0.129 e. The van der Waals surface area contributed by atoms with Gasteiger partial charge >= 0.3 is 0 Å². The topological polar surface area (TPSA) is 50.9 Å². The van der Waals surface area contributed by atoms with Gasteiger partial charge < -0.3 is 5.11 Å². The molecule has 0 bridgehead atoms. The highest BCUT2D eigenvalue weighted by Gasteiger charge is 2.18. The molecule has 0 radical (unpaired) electrons. The van der Waals surface area contributed by atoms with Crippen LogP contribution in [0.3, 0.4) is 0 Å². The summed E-state index contributed by atoms with van der Waals surface area (Å²) in [5, 5.41) is 17.3. The average molecular weight is 286 g/mol. The van der Waals surface area contributed by atoms with Crippen molar-refractivity contribution in [1.29, 1.82) is 0 Å². The van der Waals surface area contributed by atoms with E-state index >= 15 is 0 Å². The summed E-state index contributed by atoms with van der Waals surface area (Å²) in [6.07, 6.45) is 0.336. The summed E-state index contributed by atoms with van der Waals surface area (Å²) in [5.41, 5.74) is 0.636. The predicted molar refractivity (Wildman–Crippen MR) is 59.2 cm³/mol. The Morgan fingerprint density at radius 1 is 1.50 bits per heavy atom. The first-order valence-corrected chi connectivity index (χ1v) is 5.36. The molecule has 1 heterocycles. The summed E-state index contributed by atoms with van der Waals surface area (Å²) < 4.78 is 15.6. The van der Waals surface area contributed by atoms with Crippen molar-refractivity contribution in [2.45, 2.75) is 6.10 Å². The molecular weight excluding hydrogens is 277 g/mol. The molecule has 4 nitrogen and oxygen atoms in total. The van der Waals surface area contributed by atoms with E-state index in [1.165, 1.54) is 23.0 Å². The Bertz CT molecular complexity index is 515. The zero-order chi connectivity index (χ0) is 11.7. The van der Waals surface area contributed by atoms with Crippen LogP contribution in [0.4, 0.5) is 4.39 Å². The van der Waals surface area contributed by atoms with Crippen molar-refractivity contribution < 1.29 is 9.50 Å². The third kappa shape index (κ3) is 1.98. The first-order chi connectivity index (χ1) is 7.59. The summed E-state index contributed by atoms with van der Waals surface area (Å²) in [6, 6.07) is 4.41. The second kappa shape index (κ2) is 4.31. The van der Waals surface area contributed by atoms with Gasteiger partial charge in [-0.15, -0.1) is 5.10 Å². The van der Waals surface area contributed by atoms with Crippen molar-refractivity contribution in [3.8, 4) is 0 Å². The van der Waals surface area contributed by atoms with Gasteiger partial charge in [-0.25, -0.2) is 9.07 Å². The number of benzene rings is 1. The van der Waals surface area contributed by atoms with Crippen molar-refractivity contribution in [1.82, 2.24) is 15.0 Å². The minimum atomic E-state index is -1.07. The molecule has 0 spiro atoms. The first kappa shape index (κ1) is 11.2. The molecule has 0 fully saturated rings. The SMILES string of the molecule is Cn1nncc1C(O)c1cc(Br)ccc1F. The number of hydrogen-bond donors (Lipinski definition) is 1. The number of rotatable bonds is 2. The number of nitrogens with zero attached hydrogens (tertiary/aromatic N) is 3. The van der Waals surface area contributed by atoms with Crippen molar-refractivity contribution in [2.24, 2.45) is 7.05 Å². The van der Waals surface area contributed by atoms with E-state index in [4.69, 9.17) is 0 Å². The summed E-state index contributed by atoms with van der Waals surface area (Å²) in [6.45, 7) is 0. The number of halogens is 2. The molecule has 0 saturated heterocycles. The van der Waals surface area contributed by atoms with Gasteiger partial charge in [-0.2, -0.15) is 0 Å². The van der Waals surface area contributed by atoms with Crippen LogP contribution in [0.25, 0.3) is 0 Å². The van der Waals surface area contributed by atoms with Crippen molar-refractivity contribution in [3.63, 3.8) is 0 Å². The highest BCUT2D eigenvalue weighted by Crippen LogP contribution is 2.25. The fraction of sp³-hybridized carbons (Fsp3) is 0.200. The second-order valence-corrected chi connectivity index (χ2v) is 4.27. The smallest absolute Gasteiger partial charge is 0.129 e. The molecule has 16 heavy (non-hydrogen) atoms. The summed E-state index contributed by atoms with van der Waals surface area (Å²) in [7, 11) is 1.64. The Morgan fingerprint density at radius 3 is 2.88 bits per heavy atom. The van der Waals surface area contributed by atoms with Crippen LogP contribution in [0.2, 0.25) is 0 Å². The number of hydrogen-bond acceptors (Lipinski definition) is 3. The average Bonchev–Trinajstić information content (AvgIpc) is 2.67. The van der Waals surface area contributed by atoms with Crippen molar-refractivity contribution in [3.05, 3.63) is 45.9 Å². The molecule has 0 amide bonds. The largest absolute Gasteiger partial charge is 0.382 e. The third-order valence-electron chi connectivity index (χ3n) is 2.28. The normalized spacial score (nSPS) is 12.8. The van der Waals surface area contributed by atoms with Gasteiger partial charge in [0.05, 0.1) is 11.9 Å². The molecule has 1 N–H and O–H groups in total. The van der Waals surface area contributed by atoms with Crippen LogP contribution >= 0.6 is 15.9 Å². The maximum atomic E-state index is 13.5. The second-order valence-electron chi connectivity index (χ2n) is 3.35. The van der Waals surface area contributed by atoms with Gasteiger partial charge in [0.2, 0.25) is 0 Å². The Hall–Kier alpha value is -1.27. The Balaban J connectivity index is 2.45. The lowest BCUT2D eigenvalue weighted by Gasteiger charge is -2.11. The number of aromatic nitrogens is 3. The zero-order valence-corrected chi connectivity index (χ0v) is 10.0. The van der Waals surface area contributed by atoms with Crippen LogP contribution in [0.15, 0.2) is 28.9 Å². The minimum Gasteiger partial charge on any atom is -0.382 e. The molecule has 6 heteroatoms. The zero-order valence-electron chi connectivity index (χ0n) is 8.43. The molecule has 1 unspecified atom stereocenters. The predicted octanol–water partition coefficient (Wildman–Crippen LogP) is 1.80. The van der Waals surface area contributed by atoms with Gasteiger partial charge in [0.25, 0.3) is 0 Å². The lowest BCUT2D eigenvalue weighted by atomic mass is 10.1. The molecule has 0 aliphatic rings. The lowest BCUT2D eigenvalue weighted by Crippen LogP contribution is -2.08. The van der Waals surface area contributed by atoms with E-state index < -0.39 is 11.9 Å². The molecule has 0 aliphatic carbocycles. The van der Waals surface area contributed by atoms with E-state index in [2.05, 4.69) is 26.2 Å². The van der Waals surface area contributed by atoms with E-state index in [1.807, 2.05) is 0 Å². The van der Waals surface area contributed by atoms with Gasteiger partial charge in [-0.1, -0.05) is 21.1 Å². The van der Waals surface area contributed by atoms with Crippen LogP contribution in [-0.2, 0) is 7.05 Å². The lowest BCUT2D eigenvalue weighted by molar-refractivity contribution is 0.204. The summed E-state index contributed by atoms with van der Waals surface area (Å²) in [4.78, 5) is 0. The maximum absolute atomic E-state index is 13.5. The summed E-state index contributed by atoms with van der Waals surface area (Å²) >= 11 is 3.23. The Morgan fingerprint density at radius 2 is 2.25 bits per heavy atom. The van der Waals surface area contributed by atoms with Crippen molar-refractivity contribution in [2.75, 3.05) is 0 Å². The number of aliphatic hydroxyl groups excluding tert-OH is 1. The summed E-state index contributed by atoms with van der Waals surface area (Å²) in [5.74, 6) is -0.461. The van der Waals surface area contributed by atoms with Crippen LogP contribution < -0.4 is 0 Å². The van der Waals surface area contributed by atoms with Gasteiger partial charge in [-0.3, -0.25) is 0 Å². The molecule has 0 saturated carbocycles. The highest BCUT2D eigenvalue weighted by atomic mass is 79.9. The third-order valence-corrected chi connectivity index (χ3v) is 2.78. The van der Waals surface area contributed by atoms with E-state index in [9.17, 15) is 9.50 Å². The van der Waals surface area contributed by atoms with Gasteiger partial charge in [0.15, 0.2) is 0 Å². The van der Waals surface area contributed by atoms with Gasteiger partial charge in [0.1, 0.15) is 11.9 Å². The van der Waals surface area contributed by atoms with Gasteiger partial charge in [-0.05, 0) is 18.2 Å². The van der Waals surface area contributed by atoms with Crippen LogP contribution in [0.1, 0.15) is 17.4 Å². The molecule has 1 aromatic carbocycles. The highest BCUT2D eigenvalue weighted by molar-refractivity contribution is 9.10. The minimum absolute atomic E-state index is 0.194. The van der Waals surface area contributed by atoms with E-state index in [1.54, 1.807) is 13.1 Å². The molecule has 84 valence electrons. The number of aryl methyl sites for hydroxylation is 1. The standard InChI is InChI=1S/C10H9BrFN3O/c1-15-9(5-13-14-15)10(16)7-4-6(11)2-3-8(7)12/h2-5,10,16H,1H3. The monoisotopic (exact) mass is 285 g/mol. The van der Waals surface area contributed by atoms with Crippen molar-refractivity contribution >= 4 is 15.9 Å². The molecule has 2 rings (SSSR count). The Labute approximate surface area is 99.8 Å². The van der Waals surface area contributed by atoms with E-state index in [-0.39, 0.29) is 5.56 Å². The van der Waals surface area contributed by atoms with E-state index in [0.717, 1.165) is 0 Å². The molecule has 0 aliphatic heterocycles. The fourth-order valence-electron chi connectivity index (χ4n) is 1.43. The van der Waals surface area contributed by atoms with Gasteiger partial charge in [0, 0.05) is 17.1 Å².